The van der Waals surface area contributed by atoms with Crippen LogP contribution in [0.1, 0.15) is 31.4 Å². The van der Waals surface area contributed by atoms with Gasteiger partial charge in [0.15, 0.2) is 0 Å². The molecule has 7 heteroatoms. The molecule has 1 unspecified atom stereocenters. The number of hydrogen-bond acceptors (Lipinski definition) is 5. The topological polar surface area (TPSA) is 72.9 Å². The van der Waals surface area contributed by atoms with Crippen LogP contribution >= 0.6 is 11.6 Å². The Kier molecular flexibility index (Phi) is 4.24. The third-order valence-electron chi connectivity index (χ3n) is 2.78. The molecule has 1 saturated heterocycles. The largest absolute Gasteiger partial charge is 0.534 e. The van der Waals surface area contributed by atoms with Gasteiger partial charge in [-0.3, -0.25) is 14.4 Å². The average molecular weight is 298 g/mol. The Hall–Kier alpha value is -2.08. The standard InChI is InChI=1S/C13H12ClNO5/c1-8(9-2-4-10(14)5-3-9)19-13(18)20-15-11(16)6-7-12(15)17/h2-5,8H,6-7H2,1H3. The molecule has 1 aromatic rings. The van der Waals surface area contributed by atoms with E-state index < -0.39 is 24.1 Å². The highest BCUT2D eigenvalue weighted by Gasteiger charge is 2.33. The lowest BCUT2D eigenvalue weighted by molar-refractivity contribution is -0.178. The number of rotatable bonds is 3. The van der Waals surface area contributed by atoms with E-state index in [1.54, 1.807) is 31.2 Å². The van der Waals surface area contributed by atoms with Gasteiger partial charge in [-0.1, -0.05) is 28.8 Å². The number of benzene rings is 1. The highest BCUT2D eigenvalue weighted by atomic mass is 35.5. The van der Waals surface area contributed by atoms with Crippen molar-refractivity contribution in [2.24, 2.45) is 0 Å². The van der Waals surface area contributed by atoms with Gasteiger partial charge in [-0.15, -0.1) is 0 Å². The molecule has 0 N–H and O–H groups in total. The van der Waals surface area contributed by atoms with Crippen molar-refractivity contribution in [1.82, 2.24) is 5.06 Å². The fraction of sp³-hybridized carbons (Fsp3) is 0.308. The van der Waals surface area contributed by atoms with Crippen molar-refractivity contribution in [2.75, 3.05) is 0 Å². The summed E-state index contributed by atoms with van der Waals surface area (Å²) in [4.78, 5) is 38.7. The smallest absolute Gasteiger partial charge is 0.425 e. The monoisotopic (exact) mass is 297 g/mol. The van der Waals surface area contributed by atoms with Crippen LogP contribution in [0, 0.1) is 0 Å². The lowest BCUT2D eigenvalue weighted by atomic mass is 10.1. The first-order valence-electron chi connectivity index (χ1n) is 5.97. The van der Waals surface area contributed by atoms with Gasteiger partial charge < -0.3 is 4.74 Å². The molecule has 0 saturated carbocycles. The van der Waals surface area contributed by atoms with Crippen molar-refractivity contribution in [3.8, 4) is 0 Å². The summed E-state index contributed by atoms with van der Waals surface area (Å²) in [5, 5.41) is 1.01. The first-order valence-corrected chi connectivity index (χ1v) is 6.35. The summed E-state index contributed by atoms with van der Waals surface area (Å²) >= 11 is 5.75. The van der Waals surface area contributed by atoms with Crippen molar-refractivity contribution in [3.63, 3.8) is 0 Å². The Bertz CT molecular complexity index is 526. The van der Waals surface area contributed by atoms with Crippen LogP contribution in [0.2, 0.25) is 5.02 Å². The summed E-state index contributed by atoms with van der Waals surface area (Å²) in [5.41, 5.74) is 0.713. The van der Waals surface area contributed by atoms with E-state index in [1.165, 1.54) is 0 Å². The van der Waals surface area contributed by atoms with Crippen LogP contribution in [0.15, 0.2) is 24.3 Å². The molecule has 20 heavy (non-hydrogen) atoms. The maximum absolute atomic E-state index is 11.5. The summed E-state index contributed by atoms with van der Waals surface area (Å²) in [7, 11) is 0. The molecule has 1 heterocycles. The van der Waals surface area contributed by atoms with E-state index >= 15 is 0 Å². The number of ether oxygens (including phenoxy) is 1. The average Bonchev–Trinajstić information content (AvgIpc) is 2.71. The Labute approximate surface area is 120 Å². The molecule has 0 bridgehead atoms. The second kappa shape index (κ2) is 5.92. The van der Waals surface area contributed by atoms with E-state index in [0.717, 1.165) is 0 Å². The number of hydrogen-bond donors (Lipinski definition) is 0. The number of carbonyl (C=O) groups is 3. The second-order valence-electron chi connectivity index (χ2n) is 4.23. The molecule has 2 amide bonds. The fourth-order valence-corrected chi connectivity index (χ4v) is 1.83. The van der Waals surface area contributed by atoms with Crippen molar-refractivity contribution in [1.29, 1.82) is 0 Å². The number of hydroxylamine groups is 2. The molecule has 106 valence electrons. The minimum Gasteiger partial charge on any atom is -0.425 e. The van der Waals surface area contributed by atoms with Crippen LogP contribution in [0.3, 0.4) is 0 Å². The summed E-state index contributed by atoms with van der Waals surface area (Å²) in [5.74, 6) is -1.10. The van der Waals surface area contributed by atoms with Gasteiger partial charge in [-0.2, -0.15) is 0 Å². The quantitative estimate of drug-likeness (QED) is 0.633. The van der Waals surface area contributed by atoms with Gasteiger partial charge in [0.2, 0.25) is 0 Å². The summed E-state index contributed by atoms with van der Waals surface area (Å²) in [6, 6.07) is 6.73. The first kappa shape index (κ1) is 14.3. The van der Waals surface area contributed by atoms with Gasteiger partial charge in [-0.25, -0.2) is 4.79 Å². The van der Waals surface area contributed by atoms with E-state index in [0.29, 0.717) is 15.6 Å². The highest BCUT2D eigenvalue weighted by Crippen LogP contribution is 2.20. The molecule has 0 radical (unpaired) electrons. The predicted octanol–water partition coefficient (Wildman–Crippen LogP) is 2.62. The van der Waals surface area contributed by atoms with E-state index in [1.807, 2.05) is 0 Å². The molecule has 0 aliphatic carbocycles. The van der Waals surface area contributed by atoms with Gasteiger partial charge >= 0.3 is 6.16 Å². The number of imide groups is 1. The molecular formula is C13H12ClNO5. The number of nitrogens with zero attached hydrogens (tertiary/aromatic N) is 1. The van der Waals surface area contributed by atoms with Gasteiger partial charge in [0.05, 0.1) is 0 Å². The molecule has 1 fully saturated rings. The van der Waals surface area contributed by atoms with Crippen LogP contribution < -0.4 is 0 Å². The van der Waals surface area contributed by atoms with Crippen LogP contribution in [0.4, 0.5) is 4.79 Å². The third-order valence-corrected chi connectivity index (χ3v) is 3.04. The molecule has 0 aromatic heterocycles. The summed E-state index contributed by atoms with van der Waals surface area (Å²) < 4.78 is 4.98. The van der Waals surface area contributed by atoms with Gasteiger partial charge in [0, 0.05) is 17.9 Å². The summed E-state index contributed by atoms with van der Waals surface area (Å²) in [6.45, 7) is 1.64. The minimum absolute atomic E-state index is 0.0405. The number of carbonyl (C=O) groups excluding carboxylic acids is 3. The Morgan fingerprint density at radius 3 is 2.30 bits per heavy atom. The normalized spacial score (nSPS) is 16.2. The summed E-state index contributed by atoms with van der Waals surface area (Å²) in [6.07, 6.45) is -1.61. The van der Waals surface area contributed by atoms with Gasteiger partial charge in [0.1, 0.15) is 6.10 Å². The minimum atomic E-state index is -1.10. The lowest BCUT2D eigenvalue weighted by Gasteiger charge is -2.16. The maximum Gasteiger partial charge on any atom is 0.534 e. The van der Waals surface area contributed by atoms with Crippen molar-refractivity contribution in [3.05, 3.63) is 34.9 Å². The van der Waals surface area contributed by atoms with E-state index in [2.05, 4.69) is 4.84 Å². The lowest BCUT2D eigenvalue weighted by Crippen LogP contribution is -2.32. The van der Waals surface area contributed by atoms with Crippen LogP contribution in [-0.2, 0) is 19.2 Å². The van der Waals surface area contributed by atoms with E-state index in [9.17, 15) is 14.4 Å². The van der Waals surface area contributed by atoms with Crippen LogP contribution in [0.5, 0.6) is 0 Å². The molecule has 1 atom stereocenters. The molecule has 1 aromatic carbocycles. The molecule has 0 spiro atoms. The Balaban J connectivity index is 1.92. The van der Waals surface area contributed by atoms with Crippen molar-refractivity contribution < 1.29 is 24.0 Å². The number of halogens is 1. The molecule has 1 aliphatic heterocycles. The predicted molar refractivity (Wildman–Crippen MR) is 68.5 cm³/mol. The van der Waals surface area contributed by atoms with Crippen LogP contribution in [0.25, 0.3) is 0 Å². The highest BCUT2D eigenvalue weighted by molar-refractivity contribution is 6.30. The first-order chi connectivity index (χ1) is 9.47. The van der Waals surface area contributed by atoms with E-state index in [4.69, 9.17) is 16.3 Å². The SMILES string of the molecule is CC(OC(=O)ON1C(=O)CCC1=O)c1ccc(Cl)cc1. The van der Waals surface area contributed by atoms with Crippen LogP contribution in [-0.4, -0.2) is 23.0 Å². The molecule has 1 aliphatic rings. The maximum atomic E-state index is 11.5. The Morgan fingerprint density at radius 1 is 1.20 bits per heavy atom. The zero-order valence-electron chi connectivity index (χ0n) is 10.7. The van der Waals surface area contributed by atoms with Gasteiger partial charge in [-0.05, 0) is 24.6 Å². The number of amides is 2. The van der Waals surface area contributed by atoms with Crippen molar-refractivity contribution in [2.45, 2.75) is 25.9 Å². The third kappa shape index (κ3) is 3.27. The fourth-order valence-electron chi connectivity index (χ4n) is 1.70. The Morgan fingerprint density at radius 2 is 1.75 bits per heavy atom. The zero-order valence-corrected chi connectivity index (χ0v) is 11.4. The molecular weight excluding hydrogens is 286 g/mol. The van der Waals surface area contributed by atoms with Crippen molar-refractivity contribution >= 4 is 29.6 Å². The zero-order chi connectivity index (χ0) is 14.7. The molecule has 6 nitrogen and oxygen atoms in total. The molecule has 2 rings (SSSR count). The van der Waals surface area contributed by atoms with Gasteiger partial charge in [0.25, 0.3) is 11.8 Å². The van der Waals surface area contributed by atoms with E-state index in [-0.39, 0.29) is 12.8 Å². The second-order valence-corrected chi connectivity index (χ2v) is 4.67.